The van der Waals surface area contributed by atoms with Crippen LogP contribution in [0.15, 0.2) is 65.5 Å². The summed E-state index contributed by atoms with van der Waals surface area (Å²) in [5, 5.41) is 9.47. The van der Waals surface area contributed by atoms with E-state index in [9.17, 15) is 19.5 Å². The Hall–Kier alpha value is -3.93. The Kier molecular flexibility index (Phi) is 7.79. The minimum Gasteiger partial charge on any atom is -0.495 e. The van der Waals surface area contributed by atoms with Gasteiger partial charge in [-0.05, 0) is 31.2 Å². The van der Waals surface area contributed by atoms with Crippen LogP contribution in [0, 0.1) is 0 Å². The highest BCUT2D eigenvalue weighted by Gasteiger charge is 2.33. The van der Waals surface area contributed by atoms with Crippen LogP contribution in [0.25, 0.3) is 22.3 Å². The molecule has 0 saturated carbocycles. The largest absolute Gasteiger partial charge is 0.495 e. The summed E-state index contributed by atoms with van der Waals surface area (Å²) in [5.41, 5.74) is 4.21. The second-order valence-corrected chi connectivity index (χ2v) is 11.5. The first-order chi connectivity index (χ1) is 19.3. The molecule has 1 N–H and O–H groups in total. The van der Waals surface area contributed by atoms with Crippen molar-refractivity contribution in [1.82, 2.24) is 9.47 Å². The Morgan fingerprint density at radius 3 is 2.35 bits per heavy atom. The summed E-state index contributed by atoms with van der Waals surface area (Å²) >= 11 is 7.48. The number of amides is 1. The van der Waals surface area contributed by atoms with Crippen LogP contribution in [-0.4, -0.2) is 51.5 Å². The lowest BCUT2D eigenvalue weighted by molar-refractivity contribution is -0.137. The summed E-state index contributed by atoms with van der Waals surface area (Å²) < 4.78 is 8.01. The molecule has 0 radical (unpaired) electrons. The van der Waals surface area contributed by atoms with Gasteiger partial charge in [0.1, 0.15) is 26.2 Å². The molecule has 3 aromatic rings. The predicted octanol–water partition coefficient (Wildman–Crippen LogP) is 3.62. The van der Waals surface area contributed by atoms with Gasteiger partial charge in [0.05, 0.1) is 17.3 Å². The first-order valence-corrected chi connectivity index (χ1v) is 14.4. The zero-order valence-corrected chi connectivity index (χ0v) is 24.4. The first kappa shape index (κ1) is 27.6. The standard InChI is InChI=1S/C29H25N3O5S3/c1-4-31-27(36)25(40-29(31)38)28-32(16-23(33)34)26(35)22(39-28)15-9-12-18-17-10-5-7-13-20(17)30(2)21-14-8-6-11-19(21)24(18)37-3/h5-15H,4,16H2,1-3H3,(H,33,34)/b12-9+,22-15+,28-25+. The number of hydrogen-bond donors (Lipinski definition) is 1. The number of nitrogens with zero attached hydrogens (tertiary/aromatic N) is 3. The van der Waals surface area contributed by atoms with Gasteiger partial charge < -0.3 is 14.7 Å². The summed E-state index contributed by atoms with van der Waals surface area (Å²) in [6.07, 6.45) is 5.27. The summed E-state index contributed by atoms with van der Waals surface area (Å²) in [5.74, 6) is -0.821. The van der Waals surface area contributed by atoms with Crippen LogP contribution in [0.4, 0.5) is 11.4 Å². The molecule has 2 aliphatic heterocycles. The van der Waals surface area contributed by atoms with Gasteiger partial charge in [-0.15, -0.1) is 11.3 Å². The molecule has 0 unspecified atom stereocenters. The molecule has 0 spiro atoms. The van der Waals surface area contributed by atoms with Crippen molar-refractivity contribution in [2.24, 2.45) is 0 Å². The van der Waals surface area contributed by atoms with E-state index < -0.39 is 18.1 Å². The van der Waals surface area contributed by atoms with E-state index in [0.29, 0.717) is 21.2 Å². The Morgan fingerprint density at radius 2 is 1.73 bits per heavy atom. The summed E-state index contributed by atoms with van der Waals surface area (Å²) in [6.45, 7) is 1.64. The molecular weight excluding hydrogens is 567 g/mol. The number of carbonyl (C=O) groups is 2. The summed E-state index contributed by atoms with van der Waals surface area (Å²) in [7, 11) is 3.64. The number of carbonyl (C=O) groups excluding carboxylic acids is 1. The van der Waals surface area contributed by atoms with E-state index in [1.54, 1.807) is 26.2 Å². The molecule has 2 aromatic carbocycles. The average Bonchev–Trinajstić information content (AvgIpc) is 3.37. The maximum Gasteiger partial charge on any atom is 0.323 e. The Labute approximate surface area is 243 Å². The Bertz CT molecular complexity index is 1800. The molecule has 11 heteroatoms. The normalized spacial score (nSPS) is 17.0. The van der Waals surface area contributed by atoms with Gasteiger partial charge in [-0.2, -0.15) is 0 Å². The summed E-state index contributed by atoms with van der Waals surface area (Å²) in [4.78, 5) is 41.7. The number of para-hydroxylation sites is 2. The monoisotopic (exact) mass is 591 g/mol. The molecule has 8 nitrogen and oxygen atoms in total. The van der Waals surface area contributed by atoms with Crippen LogP contribution in [0.5, 0.6) is 0 Å². The fourth-order valence-corrected chi connectivity index (χ4v) is 7.34. The van der Waals surface area contributed by atoms with Crippen molar-refractivity contribution in [1.29, 1.82) is 0 Å². The fraction of sp³-hybridized carbons (Fsp3) is 0.172. The van der Waals surface area contributed by atoms with Crippen LogP contribution >= 0.6 is 35.3 Å². The fourth-order valence-electron chi connectivity index (χ4n) is 4.75. The zero-order chi connectivity index (χ0) is 28.6. The van der Waals surface area contributed by atoms with Gasteiger partial charge in [-0.25, -0.2) is 0 Å². The highest BCUT2D eigenvalue weighted by molar-refractivity contribution is 8.30. The molecule has 0 bridgehead atoms. The number of ether oxygens (including phenoxy) is 1. The SMILES string of the molecule is CCN1C(=O)/C(=c2\s/c(=C/C=C/C3=C(OC)c4ccccc4N(C)c4ccccc43)c(=O)n2CC(=O)O)SC1=S. The maximum atomic E-state index is 13.3. The molecule has 1 aromatic heterocycles. The van der Waals surface area contributed by atoms with Gasteiger partial charge in [0, 0.05) is 36.0 Å². The third kappa shape index (κ3) is 4.80. The quantitative estimate of drug-likeness (QED) is 0.435. The van der Waals surface area contributed by atoms with Crippen LogP contribution in [0.2, 0.25) is 0 Å². The smallest absolute Gasteiger partial charge is 0.323 e. The Morgan fingerprint density at radius 1 is 1.07 bits per heavy atom. The van der Waals surface area contributed by atoms with Crippen molar-refractivity contribution in [2.75, 3.05) is 25.6 Å². The number of rotatable bonds is 6. The van der Waals surface area contributed by atoms with Crippen molar-refractivity contribution in [2.45, 2.75) is 13.5 Å². The van der Waals surface area contributed by atoms with Crippen LogP contribution in [0.3, 0.4) is 0 Å². The zero-order valence-electron chi connectivity index (χ0n) is 21.9. The van der Waals surface area contributed by atoms with Gasteiger partial charge in [0.2, 0.25) is 0 Å². The Balaban J connectivity index is 1.69. The minimum atomic E-state index is -1.18. The minimum absolute atomic E-state index is 0.264. The van der Waals surface area contributed by atoms with Crippen LogP contribution in [0.1, 0.15) is 18.1 Å². The molecule has 0 atom stereocenters. The van der Waals surface area contributed by atoms with E-state index in [0.717, 1.165) is 55.7 Å². The highest BCUT2D eigenvalue weighted by Crippen LogP contribution is 2.43. The number of aromatic nitrogens is 1. The molecule has 5 rings (SSSR count). The van der Waals surface area contributed by atoms with Crippen molar-refractivity contribution in [3.63, 3.8) is 0 Å². The lowest BCUT2D eigenvalue weighted by atomic mass is 10.00. The van der Waals surface area contributed by atoms with Crippen LogP contribution in [-0.2, 0) is 20.9 Å². The molecule has 1 saturated heterocycles. The third-order valence-corrected chi connectivity index (χ3v) is 9.30. The number of anilines is 2. The van der Waals surface area contributed by atoms with E-state index in [4.69, 9.17) is 17.0 Å². The van der Waals surface area contributed by atoms with E-state index in [1.165, 1.54) is 4.90 Å². The number of aliphatic carboxylic acids is 1. The number of benzene rings is 2. The van der Waals surface area contributed by atoms with Crippen molar-refractivity contribution in [3.8, 4) is 0 Å². The summed E-state index contributed by atoms with van der Waals surface area (Å²) in [6, 6.07) is 16.0. The number of carboxylic acid groups (broad SMARTS) is 1. The van der Waals surface area contributed by atoms with Crippen molar-refractivity contribution >= 4 is 85.2 Å². The number of methoxy groups -OCH3 is 1. The topological polar surface area (TPSA) is 92.1 Å². The molecule has 0 aliphatic carbocycles. The maximum absolute atomic E-state index is 13.3. The van der Waals surface area contributed by atoms with E-state index >= 15 is 0 Å². The number of hydrogen-bond acceptors (Lipinski definition) is 8. The third-order valence-electron chi connectivity index (χ3n) is 6.59. The molecule has 204 valence electrons. The number of thiocarbonyl (C=S) groups is 1. The number of thiazole rings is 1. The second kappa shape index (κ2) is 11.3. The number of carboxylic acids is 1. The van der Waals surface area contributed by atoms with Gasteiger partial charge in [0.15, 0.2) is 0 Å². The number of allylic oxidation sites excluding steroid dienone is 3. The van der Waals surface area contributed by atoms with Crippen LogP contribution < -0.4 is 19.7 Å². The number of fused-ring (bicyclic) bond motifs is 2. The van der Waals surface area contributed by atoms with Crippen molar-refractivity contribution in [3.05, 3.63) is 91.4 Å². The van der Waals surface area contributed by atoms with E-state index in [2.05, 4.69) is 4.90 Å². The van der Waals surface area contributed by atoms with Crippen molar-refractivity contribution < 1.29 is 19.4 Å². The lowest BCUT2D eigenvalue weighted by Gasteiger charge is -2.22. The molecule has 2 aliphatic rings. The molecule has 3 heterocycles. The predicted molar refractivity (Wildman–Crippen MR) is 165 cm³/mol. The van der Waals surface area contributed by atoms with Gasteiger partial charge in [-0.1, -0.05) is 66.5 Å². The average molecular weight is 592 g/mol. The van der Waals surface area contributed by atoms with E-state index in [-0.39, 0.29) is 15.5 Å². The molecule has 40 heavy (non-hydrogen) atoms. The van der Waals surface area contributed by atoms with Gasteiger partial charge >= 0.3 is 5.97 Å². The van der Waals surface area contributed by atoms with E-state index in [1.807, 2.05) is 61.7 Å². The molecule has 1 fully saturated rings. The molecular formula is C29H25N3O5S3. The van der Waals surface area contributed by atoms with Gasteiger partial charge in [0.25, 0.3) is 11.5 Å². The van der Waals surface area contributed by atoms with Gasteiger partial charge in [-0.3, -0.25) is 23.9 Å². The molecule has 1 amide bonds. The second-order valence-electron chi connectivity index (χ2n) is 8.87. The lowest BCUT2D eigenvalue weighted by Crippen LogP contribution is -2.35. The number of thioether (sulfide) groups is 1. The highest BCUT2D eigenvalue weighted by atomic mass is 32.2. The first-order valence-electron chi connectivity index (χ1n) is 12.3.